The highest BCUT2D eigenvalue weighted by Gasteiger charge is 2.11. The Bertz CT molecular complexity index is 324. The van der Waals surface area contributed by atoms with Crippen LogP contribution in [0.5, 0.6) is 0 Å². The Morgan fingerprint density at radius 1 is 1.50 bits per heavy atom. The smallest absolute Gasteiger partial charge is 0.229 e. The van der Waals surface area contributed by atoms with Crippen LogP contribution in [-0.4, -0.2) is 49.8 Å². The third kappa shape index (κ3) is 6.79. The van der Waals surface area contributed by atoms with Crippen LogP contribution in [0.15, 0.2) is 0 Å². The van der Waals surface area contributed by atoms with Crippen LogP contribution in [-0.2, 0) is 14.6 Å². The van der Waals surface area contributed by atoms with Gasteiger partial charge < -0.3 is 10.6 Å². The topological polar surface area (TPSA) is 80.5 Å². The van der Waals surface area contributed by atoms with Crippen molar-refractivity contribution in [2.45, 2.75) is 6.42 Å². The van der Waals surface area contributed by atoms with Crippen molar-refractivity contribution in [3.8, 4) is 0 Å². The lowest BCUT2D eigenvalue weighted by atomic mass is 10.4. The zero-order chi connectivity index (χ0) is 11.4. The molecular weight excluding hydrogens is 224 g/mol. The van der Waals surface area contributed by atoms with E-state index in [1.807, 2.05) is 0 Å². The summed E-state index contributed by atoms with van der Waals surface area (Å²) in [6.07, 6.45) is 1.11. The molecule has 0 saturated carbocycles. The third-order valence-electron chi connectivity index (χ3n) is 1.55. The van der Waals surface area contributed by atoms with Crippen LogP contribution in [0.2, 0.25) is 0 Å². The molecule has 0 aromatic heterocycles. The summed E-state index contributed by atoms with van der Waals surface area (Å²) in [6, 6.07) is 0. The minimum Gasteiger partial charge on any atom is -0.393 e. The van der Waals surface area contributed by atoms with Gasteiger partial charge in [-0.1, -0.05) is 12.2 Å². The first-order valence-corrected chi connectivity index (χ1v) is 6.39. The van der Waals surface area contributed by atoms with Gasteiger partial charge in [0.05, 0.1) is 17.2 Å². The van der Waals surface area contributed by atoms with Crippen LogP contribution < -0.4 is 5.73 Å². The highest BCUT2D eigenvalue weighted by atomic mass is 32.2. The first kappa shape index (κ1) is 13.3. The SMILES string of the molecule is CN(CCS(C)(=O)=O)C(=O)CC(N)=S. The quantitative estimate of drug-likeness (QED) is 0.632. The molecule has 0 atom stereocenters. The number of amides is 1. The second kappa shape index (κ2) is 5.26. The summed E-state index contributed by atoms with van der Waals surface area (Å²) >= 11 is 4.56. The van der Waals surface area contributed by atoms with Crippen molar-refractivity contribution in [1.29, 1.82) is 0 Å². The highest BCUT2D eigenvalue weighted by Crippen LogP contribution is 1.93. The van der Waals surface area contributed by atoms with E-state index in [4.69, 9.17) is 5.73 Å². The van der Waals surface area contributed by atoms with Crippen molar-refractivity contribution < 1.29 is 13.2 Å². The fourth-order valence-electron chi connectivity index (χ4n) is 0.711. The van der Waals surface area contributed by atoms with E-state index in [0.717, 1.165) is 6.26 Å². The minimum absolute atomic E-state index is 0.0183. The van der Waals surface area contributed by atoms with Gasteiger partial charge in [0.15, 0.2) is 0 Å². The maximum absolute atomic E-state index is 11.2. The number of hydrogen-bond donors (Lipinski definition) is 1. The van der Waals surface area contributed by atoms with Gasteiger partial charge in [0.25, 0.3) is 0 Å². The maximum Gasteiger partial charge on any atom is 0.229 e. The molecule has 0 spiro atoms. The van der Waals surface area contributed by atoms with Crippen molar-refractivity contribution in [3.63, 3.8) is 0 Å². The molecule has 0 aromatic carbocycles. The van der Waals surface area contributed by atoms with Gasteiger partial charge in [-0.05, 0) is 0 Å². The first-order valence-electron chi connectivity index (χ1n) is 3.92. The molecule has 14 heavy (non-hydrogen) atoms. The Labute approximate surface area is 89.2 Å². The molecule has 0 radical (unpaired) electrons. The van der Waals surface area contributed by atoms with Gasteiger partial charge in [-0.2, -0.15) is 0 Å². The predicted octanol–water partition coefficient (Wildman–Crippen LogP) is -0.834. The molecule has 0 saturated heterocycles. The third-order valence-corrected chi connectivity index (χ3v) is 2.62. The fraction of sp³-hybridized carbons (Fsp3) is 0.714. The number of carbonyl (C=O) groups is 1. The lowest BCUT2D eigenvalue weighted by molar-refractivity contribution is -0.128. The van der Waals surface area contributed by atoms with E-state index >= 15 is 0 Å². The normalized spacial score (nSPS) is 11.0. The van der Waals surface area contributed by atoms with Crippen molar-refractivity contribution in [1.82, 2.24) is 4.90 Å². The number of hydrogen-bond acceptors (Lipinski definition) is 4. The zero-order valence-corrected chi connectivity index (χ0v) is 9.82. The molecule has 0 heterocycles. The van der Waals surface area contributed by atoms with E-state index in [2.05, 4.69) is 12.2 Å². The van der Waals surface area contributed by atoms with E-state index in [-0.39, 0.29) is 29.6 Å². The van der Waals surface area contributed by atoms with Gasteiger partial charge in [-0.25, -0.2) is 8.42 Å². The number of thiocarbonyl (C=S) groups is 1. The van der Waals surface area contributed by atoms with E-state index in [9.17, 15) is 13.2 Å². The van der Waals surface area contributed by atoms with Gasteiger partial charge in [0.2, 0.25) is 5.91 Å². The van der Waals surface area contributed by atoms with E-state index in [0.29, 0.717) is 0 Å². The van der Waals surface area contributed by atoms with E-state index in [1.165, 1.54) is 11.9 Å². The lowest BCUT2D eigenvalue weighted by Gasteiger charge is -2.15. The summed E-state index contributed by atoms with van der Waals surface area (Å²) in [5.41, 5.74) is 5.18. The van der Waals surface area contributed by atoms with E-state index in [1.54, 1.807) is 0 Å². The minimum atomic E-state index is -3.04. The van der Waals surface area contributed by atoms with Crippen LogP contribution in [0.3, 0.4) is 0 Å². The second-order valence-electron chi connectivity index (χ2n) is 3.09. The molecule has 5 nitrogen and oxygen atoms in total. The van der Waals surface area contributed by atoms with Gasteiger partial charge in [-0.15, -0.1) is 0 Å². The summed E-state index contributed by atoms with van der Waals surface area (Å²) in [5.74, 6) is -0.312. The monoisotopic (exact) mass is 238 g/mol. The van der Waals surface area contributed by atoms with Crippen LogP contribution in [0.4, 0.5) is 0 Å². The Kier molecular flexibility index (Phi) is 5.00. The van der Waals surface area contributed by atoms with Gasteiger partial charge >= 0.3 is 0 Å². The Balaban J connectivity index is 4.03. The summed E-state index contributed by atoms with van der Waals surface area (Å²) < 4.78 is 21.6. The standard InChI is InChI=1S/C7H14N2O3S2/c1-9(3-4-14(2,11)12)7(10)5-6(8)13/h3-5H2,1-2H3,(H2,8,13). The molecular formula is C7H14N2O3S2. The molecule has 82 valence electrons. The molecule has 0 unspecified atom stereocenters. The average molecular weight is 238 g/mol. The van der Waals surface area contributed by atoms with Crippen LogP contribution in [0, 0.1) is 0 Å². The molecule has 7 heteroatoms. The van der Waals surface area contributed by atoms with Gasteiger partial charge in [-0.3, -0.25) is 4.79 Å². The molecule has 1 amide bonds. The summed E-state index contributed by atoms with van der Waals surface area (Å²) in [4.78, 5) is 12.7. The molecule has 0 rings (SSSR count). The van der Waals surface area contributed by atoms with Crippen molar-refractivity contribution in [2.75, 3.05) is 25.6 Å². The zero-order valence-electron chi connectivity index (χ0n) is 8.19. The molecule has 0 bridgehead atoms. The highest BCUT2D eigenvalue weighted by molar-refractivity contribution is 7.90. The first-order chi connectivity index (χ1) is 6.22. The molecule has 0 aliphatic rings. The lowest BCUT2D eigenvalue weighted by Crippen LogP contribution is -2.33. The summed E-state index contributed by atoms with van der Waals surface area (Å²) in [7, 11) is -1.52. The average Bonchev–Trinajstić information content (AvgIpc) is 1.97. The van der Waals surface area contributed by atoms with Crippen molar-refractivity contribution >= 4 is 33.0 Å². The largest absolute Gasteiger partial charge is 0.393 e. The van der Waals surface area contributed by atoms with Crippen LogP contribution >= 0.6 is 12.2 Å². The number of nitrogens with two attached hydrogens (primary N) is 1. The second-order valence-corrected chi connectivity index (χ2v) is 5.87. The van der Waals surface area contributed by atoms with Gasteiger partial charge in [0, 0.05) is 19.8 Å². The molecule has 0 aliphatic heterocycles. The summed E-state index contributed by atoms with van der Waals surface area (Å²) in [5, 5.41) is 0. The molecule has 2 N–H and O–H groups in total. The molecule has 0 fully saturated rings. The molecule has 0 aromatic rings. The van der Waals surface area contributed by atoms with Crippen LogP contribution in [0.1, 0.15) is 6.42 Å². The number of rotatable bonds is 5. The predicted molar refractivity (Wildman–Crippen MR) is 58.8 cm³/mol. The molecule has 0 aliphatic carbocycles. The number of nitrogens with zero attached hydrogens (tertiary/aromatic N) is 1. The van der Waals surface area contributed by atoms with Crippen molar-refractivity contribution in [3.05, 3.63) is 0 Å². The number of sulfone groups is 1. The fourth-order valence-corrected chi connectivity index (χ4v) is 1.44. The van der Waals surface area contributed by atoms with Gasteiger partial charge in [0.1, 0.15) is 9.84 Å². The Hall–Kier alpha value is -0.690. The Morgan fingerprint density at radius 3 is 2.36 bits per heavy atom. The van der Waals surface area contributed by atoms with Crippen LogP contribution in [0.25, 0.3) is 0 Å². The van der Waals surface area contributed by atoms with E-state index < -0.39 is 9.84 Å². The Morgan fingerprint density at radius 2 is 2.00 bits per heavy atom. The summed E-state index contributed by atoms with van der Waals surface area (Å²) in [6.45, 7) is 0.167. The maximum atomic E-state index is 11.2. The van der Waals surface area contributed by atoms with Crippen molar-refractivity contribution in [2.24, 2.45) is 5.73 Å². The number of carbonyl (C=O) groups excluding carboxylic acids is 1.